The molecule has 0 spiro atoms. The van der Waals surface area contributed by atoms with Crippen molar-refractivity contribution in [2.45, 2.75) is 33.2 Å². The average Bonchev–Trinajstić information content (AvgIpc) is 2.70. The quantitative estimate of drug-likeness (QED) is 0.657. The summed E-state index contributed by atoms with van der Waals surface area (Å²) in [5.74, 6) is 5.71. The van der Waals surface area contributed by atoms with E-state index in [4.69, 9.17) is 5.84 Å². The summed E-state index contributed by atoms with van der Waals surface area (Å²) >= 11 is 1.70. The summed E-state index contributed by atoms with van der Waals surface area (Å²) in [6, 6.07) is 8.61. The second kappa shape index (κ2) is 5.61. The highest BCUT2D eigenvalue weighted by Crippen LogP contribution is 2.29. The summed E-state index contributed by atoms with van der Waals surface area (Å²) in [6.07, 6.45) is 1.06. The van der Waals surface area contributed by atoms with E-state index in [1.54, 1.807) is 11.3 Å². The van der Waals surface area contributed by atoms with Gasteiger partial charge in [0.05, 0.1) is 21.6 Å². The third-order valence-electron chi connectivity index (χ3n) is 3.09. The predicted molar refractivity (Wildman–Crippen MR) is 76.6 cm³/mol. The van der Waals surface area contributed by atoms with Gasteiger partial charge in [0.2, 0.25) is 0 Å². The summed E-state index contributed by atoms with van der Waals surface area (Å²) in [7, 11) is 0. The first kappa shape index (κ1) is 13.2. The van der Waals surface area contributed by atoms with Crippen LogP contribution in [-0.4, -0.2) is 4.98 Å². The summed E-state index contributed by atoms with van der Waals surface area (Å²) in [5, 5.41) is 1.08. The second-order valence-electron chi connectivity index (χ2n) is 4.38. The van der Waals surface area contributed by atoms with Crippen LogP contribution < -0.4 is 11.3 Å². The molecule has 0 amide bonds. The number of nitrogens with one attached hydrogen (secondary N) is 1. The lowest BCUT2D eigenvalue weighted by Gasteiger charge is -2.15. The molecule has 2 rings (SSSR count). The van der Waals surface area contributed by atoms with Gasteiger partial charge in [-0.3, -0.25) is 5.84 Å². The van der Waals surface area contributed by atoms with Crippen molar-refractivity contribution < 1.29 is 0 Å². The Morgan fingerprint density at radius 2 is 1.94 bits per heavy atom. The number of hydrogen-bond donors (Lipinski definition) is 2. The summed E-state index contributed by atoms with van der Waals surface area (Å²) in [5.41, 5.74) is 6.47. The van der Waals surface area contributed by atoms with Crippen LogP contribution in [0.3, 0.4) is 0 Å². The van der Waals surface area contributed by atoms with Gasteiger partial charge in [-0.2, -0.15) is 0 Å². The van der Waals surface area contributed by atoms with Crippen LogP contribution in [0.1, 0.15) is 39.7 Å². The molecule has 18 heavy (non-hydrogen) atoms. The minimum absolute atomic E-state index is 0.0297. The lowest BCUT2D eigenvalue weighted by Crippen LogP contribution is -2.28. The van der Waals surface area contributed by atoms with Crippen LogP contribution in [0.25, 0.3) is 0 Å². The molecule has 4 heteroatoms. The van der Waals surface area contributed by atoms with Gasteiger partial charge >= 0.3 is 0 Å². The molecule has 0 saturated heterocycles. The first-order valence-electron chi connectivity index (χ1n) is 6.14. The van der Waals surface area contributed by atoms with Gasteiger partial charge in [0.1, 0.15) is 0 Å². The maximum atomic E-state index is 5.71. The van der Waals surface area contributed by atoms with Crippen LogP contribution in [0.4, 0.5) is 0 Å². The second-order valence-corrected chi connectivity index (χ2v) is 5.61. The number of aromatic nitrogens is 1. The predicted octanol–water partition coefficient (Wildman–Crippen LogP) is 2.88. The fourth-order valence-corrected chi connectivity index (χ4v) is 3.10. The van der Waals surface area contributed by atoms with E-state index in [1.807, 2.05) is 13.8 Å². The van der Waals surface area contributed by atoms with Crippen LogP contribution >= 0.6 is 11.3 Å². The van der Waals surface area contributed by atoms with Gasteiger partial charge in [-0.05, 0) is 31.4 Å². The van der Waals surface area contributed by atoms with Gasteiger partial charge in [0, 0.05) is 0 Å². The zero-order valence-electron chi connectivity index (χ0n) is 11.0. The summed E-state index contributed by atoms with van der Waals surface area (Å²) in [6.45, 7) is 6.21. The van der Waals surface area contributed by atoms with Crippen molar-refractivity contribution in [2.24, 2.45) is 5.84 Å². The van der Waals surface area contributed by atoms with Crippen LogP contribution in [-0.2, 0) is 6.42 Å². The normalized spacial score (nSPS) is 12.7. The number of aryl methyl sites for hydroxylation is 3. The molecule has 3 N–H and O–H groups in total. The molecule has 1 aromatic heterocycles. The fraction of sp³-hybridized carbons (Fsp3) is 0.357. The summed E-state index contributed by atoms with van der Waals surface area (Å²) < 4.78 is 0. The highest BCUT2D eigenvalue weighted by atomic mass is 32.1. The van der Waals surface area contributed by atoms with Crippen molar-refractivity contribution in [3.05, 3.63) is 51.0 Å². The molecule has 1 atom stereocenters. The molecule has 0 saturated carbocycles. The number of hydrogen-bond acceptors (Lipinski definition) is 4. The molecule has 3 nitrogen and oxygen atoms in total. The Balaban J connectivity index is 2.35. The van der Waals surface area contributed by atoms with Gasteiger partial charge in [0.15, 0.2) is 0 Å². The molecule has 0 fully saturated rings. The van der Waals surface area contributed by atoms with Gasteiger partial charge < -0.3 is 0 Å². The number of benzene rings is 1. The number of rotatable bonds is 4. The smallest absolute Gasteiger partial charge is 0.0900 e. The van der Waals surface area contributed by atoms with E-state index in [2.05, 4.69) is 41.6 Å². The van der Waals surface area contributed by atoms with E-state index >= 15 is 0 Å². The van der Waals surface area contributed by atoms with Crippen molar-refractivity contribution >= 4 is 11.3 Å². The Morgan fingerprint density at radius 3 is 2.39 bits per heavy atom. The van der Waals surface area contributed by atoms with E-state index in [0.717, 1.165) is 17.1 Å². The lowest BCUT2D eigenvalue weighted by molar-refractivity contribution is 0.642. The van der Waals surface area contributed by atoms with Crippen molar-refractivity contribution in [3.8, 4) is 0 Å². The van der Waals surface area contributed by atoms with E-state index in [0.29, 0.717) is 0 Å². The van der Waals surface area contributed by atoms with Crippen LogP contribution in [0.5, 0.6) is 0 Å². The topological polar surface area (TPSA) is 50.9 Å². The minimum Gasteiger partial charge on any atom is -0.271 e. The van der Waals surface area contributed by atoms with Crippen molar-refractivity contribution in [2.75, 3.05) is 0 Å². The maximum absolute atomic E-state index is 5.71. The zero-order valence-corrected chi connectivity index (χ0v) is 11.8. The largest absolute Gasteiger partial charge is 0.271 e. The first-order chi connectivity index (χ1) is 8.65. The van der Waals surface area contributed by atoms with Crippen molar-refractivity contribution in [1.82, 2.24) is 10.4 Å². The molecule has 0 radical (unpaired) electrons. The third kappa shape index (κ3) is 2.61. The Morgan fingerprint density at radius 1 is 1.28 bits per heavy atom. The SMILES string of the molecule is CCc1ccc(C(NN)c2sc(C)nc2C)cc1. The van der Waals surface area contributed by atoms with Crippen LogP contribution in [0.2, 0.25) is 0 Å². The Bertz CT molecular complexity index is 516. The van der Waals surface area contributed by atoms with Crippen LogP contribution in [0, 0.1) is 13.8 Å². The minimum atomic E-state index is 0.0297. The Labute approximate surface area is 112 Å². The highest BCUT2D eigenvalue weighted by Gasteiger charge is 2.17. The van der Waals surface area contributed by atoms with Gasteiger partial charge in [-0.25, -0.2) is 10.4 Å². The number of nitrogens with two attached hydrogens (primary N) is 1. The molecule has 0 bridgehead atoms. The highest BCUT2D eigenvalue weighted by molar-refractivity contribution is 7.11. The van der Waals surface area contributed by atoms with E-state index in [-0.39, 0.29) is 6.04 Å². The van der Waals surface area contributed by atoms with Crippen molar-refractivity contribution in [3.63, 3.8) is 0 Å². The Hall–Kier alpha value is -1.23. The molecule has 1 heterocycles. The van der Waals surface area contributed by atoms with E-state index in [1.165, 1.54) is 16.0 Å². The number of nitrogens with zero attached hydrogens (tertiary/aromatic N) is 1. The standard InChI is InChI=1S/C14H19N3S/c1-4-11-5-7-12(8-6-11)13(17-15)14-9(2)16-10(3)18-14/h5-8,13,17H,4,15H2,1-3H3. The molecule has 0 aliphatic heterocycles. The molecule has 96 valence electrons. The maximum Gasteiger partial charge on any atom is 0.0900 e. The molecule has 2 aromatic rings. The molecular formula is C14H19N3S. The molecule has 0 aliphatic rings. The van der Waals surface area contributed by atoms with E-state index in [9.17, 15) is 0 Å². The molecule has 0 aliphatic carbocycles. The van der Waals surface area contributed by atoms with Gasteiger partial charge in [-0.1, -0.05) is 31.2 Å². The first-order valence-corrected chi connectivity index (χ1v) is 6.96. The molecular weight excluding hydrogens is 242 g/mol. The van der Waals surface area contributed by atoms with Crippen LogP contribution in [0.15, 0.2) is 24.3 Å². The van der Waals surface area contributed by atoms with E-state index < -0.39 is 0 Å². The van der Waals surface area contributed by atoms with Crippen molar-refractivity contribution in [1.29, 1.82) is 0 Å². The zero-order chi connectivity index (χ0) is 13.1. The summed E-state index contributed by atoms with van der Waals surface area (Å²) in [4.78, 5) is 5.66. The monoisotopic (exact) mass is 261 g/mol. The lowest BCUT2D eigenvalue weighted by atomic mass is 10.0. The number of thiazole rings is 1. The molecule has 1 unspecified atom stereocenters. The van der Waals surface area contributed by atoms with Gasteiger partial charge in [-0.15, -0.1) is 11.3 Å². The Kier molecular flexibility index (Phi) is 4.11. The molecule has 1 aromatic carbocycles. The van der Waals surface area contributed by atoms with Gasteiger partial charge in [0.25, 0.3) is 0 Å². The third-order valence-corrected chi connectivity index (χ3v) is 4.23. The average molecular weight is 261 g/mol. The fourth-order valence-electron chi connectivity index (χ4n) is 2.08. The number of hydrazine groups is 1.